The second kappa shape index (κ2) is 9.96. The number of imide groups is 1. The Morgan fingerprint density at radius 1 is 1.06 bits per heavy atom. The summed E-state index contributed by atoms with van der Waals surface area (Å²) in [4.78, 5) is 32.6. The number of nitrogens with zero attached hydrogens (tertiary/aromatic N) is 3. The third-order valence-electron chi connectivity index (χ3n) is 7.18. The lowest BCUT2D eigenvalue weighted by molar-refractivity contribution is -0.136. The van der Waals surface area contributed by atoms with E-state index >= 15 is 0 Å². The molecule has 3 aliphatic rings. The number of allylic oxidation sites excluding steroid dienone is 2. The molecule has 0 N–H and O–H groups in total. The van der Waals surface area contributed by atoms with Crippen molar-refractivity contribution < 1.29 is 14.3 Å². The summed E-state index contributed by atoms with van der Waals surface area (Å²) in [5.41, 5.74) is 0.499. The van der Waals surface area contributed by atoms with Gasteiger partial charge in [-0.05, 0) is 50.0 Å². The van der Waals surface area contributed by atoms with Gasteiger partial charge in [0, 0.05) is 33.3 Å². The first-order chi connectivity index (χ1) is 15.1. The summed E-state index contributed by atoms with van der Waals surface area (Å²) in [5.74, 6) is 0.690. The van der Waals surface area contributed by atoms with Gasteiger partial charge in [-0.2, -0.15) is 0 Å². The van der Waals surface area contributed by atoms with Crippen molar-refractivity contribution in [2.75, 3.05) is 46.4 Å². The number of hydrogen-bond acceptors (Lipinski definition) is 4. The number of carbonyl (C=O) groups excluding carboxylic acids is 2. The van der Waals surface area contributed by atoms with E-state index in [2.05, 4.69) is 29.2 Å². The number of hydrogen-bond donors (Lipinski definition) is 0. The van der Waals surface area contributed by atoms with E-state index in [-0.39, 0.29) is 11.9 Å². The lowest BCUT2D eigenvalue weighted by Crippen LogP contribution is -2.57. The zero-order valence-corrected chi connectivity index (χ0v) is 18.7. The smallest absolute Gasteiger partial charge is 0.327 e. The summed E-state index contributed by atoms with van der Waals surface area (Å²) >= 11 is 0. The maximum absolute atomic E-state index is 13.5. The molecule has 6 heteroatoms. The number of likely N-dealkylation sites (tertiary alicyclic amines) is 1. The van der Waals surface area contributed by atoms with E-state index in [0.29, 0.717) is 25.6 Å². The first-order valence-electron chi connectivity index (χ1n) is 11.7. The summed E-state index contributed by atoms with van der Waals surface area (Å²) < 4.78 is 5.16. The maximum Gasteiger partial charge on any atom is 0.327 e. The fourth-order valence-corrected chi connectivity index (χ4v) is 5.33. The van der Waals surface area contributed by atoms with E-state index in [9.17, 15) is 9.59 Å². The van der Waals surface area contributed by atoms with Crippen LogP contribution in [0.1, 0.15) is 37.7 Å². The Morgan fingerprint density at radius 3 is 2.52 bits per heavy atom. The predicted molar refractivity (Wildman–Crippen MR) is 121 cm³/mol. The minimum Gasteiger partial charge on any atom is -0.383 e. The molecule has 2 saturated heterocycles. The van der Waals surface area contributed by atoms with Gasteiger partial charge in [-0.3, -0.25) is 9.69 Å². The molecule has 6 nitrogen and oxygen atoms in total. The van der Waals surface area contributed by atoms with Gasteiger partial charge in [0.15, 0.2) is 0 Å². The third kappa shape index (κ3) is 4.70. The Balaban J connectivity index is 1.46. The number of urea groups is 1. The van der Waals surface area contributed by atoms with Crippen LogP contribution in [0.3, 0.4) is 0 Å². The van der Waals surface area contributed by atoms with Crippen molar-refractivity contribution in [1.29, 1.82) is 0 Å². The number of amides is 3. The fraction of sp³-hybridized carbons (Fsp3) is 0.600. The van der Waals surface area contributed by atoms with Gasteiger partial charge in [-0.15, -0.1) is 0 Å². The molecule has 1 aromatic carbocycles. The fourth-order valence-electron chi connectivity index (χ4n) is 5.33. The van der Waals surface area contributed by atoms with Crippen LogP contribution in [0.25, 0.3) is 0 Å². The molecule has 1 atom stereocenters. The van der Waals surface area contributed by atoms with Gasteiger partial charge in [0.05, 0.1) is 13.2 Å². The first kappa shape index (κ1) is 22.0. The Hall–Kier alpha value is -2.18. The van der Waals surface area contributed by atoms with E-state index in [1.54, 1.807) is 7.11 Å². The molecule has 0 unspecified atom stereocenters. The summed E-state index contributed by atoms with van der Waals surface area (Å²) in [7, 11) is 1.60. The minimum absolute atomic E-state index is 0.0251. The number of carbonyl (C=O) groups is 2. The Bertz CT molecular complexity index is 786. The second-order valence-electron chi connectivity index (χ2n) is 9.10. The lowest BCUT2D eigenvalue weighted by atomic mass is 9.84. The van der Waals surface area contributed by atoms with Gasteiger partial charge in [0.2, 0.25) is 0 Å². The van der Waals surface area contributed by atoms with Gasteiger partial charge in [-0.25, -0.2) is 4.79 Å². The van der Waals surface area contributed by atoms with Crippen LogP contribution in [0.15, 0.2) is 42.5 Å². The van der Waals surface area contributed by atoms with Crippen molar-refractivity contribution in [2.24, 2.45) is 5.92 Å². The van der Waals surface area contributed by atoms with Crippen LogP contribution >= 0.6 is 0 Å². The average Bonchev–Trinajstić information content (AvgIpc) is 2.99. The van der Waals surface area contributed by atoms with E-state index in [1.807, 2.05) is 23.1 Å². The highest BCUT2D eigenvalue weighted by molar-refractivity contribution is 6.07. The molecular formula is C25H35N3O3. The topological polar surface area (TPSA) is 53.1 Å². The SMILES string of the molecule is COCCN1C(=O)N(CCc2ccccc2)C2(CCN(C[C@@H]3CC=CCC3)CC2)C1=O. The summed E-state index contributed by atoms with van der Waals surface area (Å²) in [5, 5.41) is 0. The molecule has 168 valence electrons. The van der Waals surface area contributed by atoms with E-state index < -0.39 is 5.54 Å². The molecule has 0 bridgehead atoms. The molecule has 2 fully saturated rings. The van der Waals surface area contributed by atoms with Crippen molar-refractivity contribution in [3.63, 3.8) is 0 Å². The van der Waals surface area contributed by atoms with Crippen molar-refractivity contribution >= 4 is 11.9 Å². The molecule has 0 radical (unpaired) electrons. The highest BCUT2D eigenvalue weighted by atomic mass is 16.5. The molecule has 0 aromatic heterocycles. The largest absolute Gasteiger partial charge is 0.383 e. The summed E-state index contributed by atoms with van der Waals surface area (Å²) in [6.07, 6.45) is 10.4. The van der Waals surface area contributed by atoms with Gasteiger partial charge in [-0.1, -0.05) is 42.5 Å². The Labute approximate surface area is 185 Å². The van der Waals surface area contributed by atoms with Crippen LogP contribution in [0.4, 0.5) is 4.79 Å². The number of ether oxygens (including phenoxy) is 1. The minimum atomic E-state index is -0.692. The van der Waals surface area contributed by atoms with Crippen LogP contribution in [-0.2, 0) is 16.0 Å². The molecule has 0 saturated carbocycles. The second-order valence-corrected chi connectivity index (χ2v) is 9.10. The van der Waals surface area contributed by atoms with Crippen LogP contribution in [0.2, 0.25) is 0 Å². The molecule has 3 amide bonds. The number of rotatable bonds is 8. The maximum atomic E-state index is 13.5. The first-order valence-corrected chi connectivity index (χ1v) is 11.7. The Morgan fingerprint density at radius 2 is 1.84 bits per heavy atom. The Kier molecular flexibility index (Phi) is 7.08. The van der Waals surface area contributed by atoms with Gasteiger partial charge in [0.1, 0.15) is 5.54 Å². The molecule has 1 spiro atoms. The van der Waals surface area contributed by atoms with Crippen LogP contribution < -0.4 is 0 Å². The predicted octanol–water partition coefficient (Wildman–Crippen LogP) is 3.33. The summed E-state index contributed by atoms with van der Waals surface area (Å²) in [6.45, 7) is 4.13. The lowest BCUT2D eigenvalue weighted by Gasteiger charge is -2.43. The van der Waals surface area contributed by atoms with Crippen molar-refractivity contribution in [3.05, 3.63) is 48.0 Å². The van der Waals surface area contributed by atoms with E-state index in [0.717, 1.165) is 45.3 Å². The molecule has 31 heavy (non-hydrogen) atoms. The van der Waals surface area contributed by atoms with Gasteiger partial charge >= 0.3 is 6.03 Å². The average molecular weight is 426 g/mol. The van der Waals surface area contributed by atoms with Crippen LogP contribution in [0, 0.1) is 5.92 Å². The van der Waals surface area contributed by atoms with Crippen molar-refractivity contribution in [1.82, 2.24) is 14.7 Å². The standard InChI is InChI=1S/C25H35N3O3/c1-31-19-18-27-23(29)25(28(24(27)30)15-12-21-8-4-2-5-9-21)13-16-26(17-14-25)20-22-10-6-3-7-11-22/h2-6,8-9,22H,7,10-20H2,1H3/t22-/m1/s1. The zero-order chi connectivity index (χ0) is 21.7. The monoisotopic (exact) mass is 425 g/mol. The molecule has 4 rings (SSSR count). The van der Waals surface area contributed by atoms with E-state index in [4.69, 9.17) is 4.74 Å². The molecule has 2 heterocycles. The molecule has 1 aromatic rings. The molecule has 2 aliphatic heterocycles. The quantitative estimate of drug-likeness (QED) is 0.474. The van der Waals surface area contributed by atoms with Crippen LogP contribution in [-0.4, -0.2) is 78.6 Å². The van der Waals surface area contributed by atoms with Gasteiger partial charge < -0.3 is 14.5 Å². The third-order valence-corrected chi connectivity index (χ3v) is 7.18. The highest BCUT2D eigenvalue weighted by Gasteiger charge is 2.57. The van der Waals surface area contributed by atoms with Crippen LogP contribution in [0.5, 0.6) is 0 Å². The van der Waals surface area contributed by atoms with E-state index in [1.165, 1.54) is 23.3 Å². The number of methoxy groups -OCH3 is 1. The normalized spacial score (nSPS) is 23.8. The number of piperidine rings is 1. The molecule has 1 aliphatic carbocycles. The molecular weight excluding hydrogens is 390 g/mol. The summed E-state index contributed by atoms with van der Waals surface area (Å²) in [6, 6.07) is 10.1. The highest BCUT2D eigenvalue weighted by Crippen LogP contribution is 2.38. The van der Waals surface area contributed by atoms with Gasteiger partial charge in [0.25, 0.3) is 5.91 Å². The number of benzene rings is 1. The van der Waals surface area contributed by atoms with Crippen molar-refractivity contribution in [2.45, 2.75) is 44.1 Å². The van der Waals surface area contributed by atoms with Crippen molar-refractivity contribution in [3.8, 4) is 0 Å². The zero-order valence-electron chi connectivity index (χ0n) is 18.7.